The van der Waals surface area contributed by atoms with E-state index in [-0.39, 0.29) is 17.6 Å². The van der Waals surface area contributed by atoms with Crippen LogP contribution in [-0.2, 0) is 4.74 Å². The molecule has 1 aromatic carbocycles. The summed E-state index contributed by atoms with van der Waals surface area (Å²) >= 11 is 0. The van der Waals surface area contributed by atoms with Gasteiger partial charge in [-0.1, -0.05) is 0 Å². The topological polar surface area (TPSA) is 47.6 Å². The third kappa shape index (κ3) is 4.53. The third-order valence-electron chi connectivity index (χ3n) is 3.05. The maximum Gasteiger partial charge on any atom is 0.251 e. The average molecular weight is 277 g/mol. The minimum atomic E-state index is -0.233. The van der Waals surface area contributed by atoms with E-state index in [0.29, 0.717) is 12.1 Å². The predicted octanol–water partition coefficient (Wildman–Crippen LogP) is 2.77. The van der Waals surface area contributed by atoms with Gasteiger partial charge in [0.05, 0.1) is 6.10 Å². The third-order valence-corrected chi connectivity index (χ3v) is 3.05. The lowest BCUT2D eigenvalue weighted by Crippen LogP contribution is -2.31. The molecule has 1 aromatic rings. The molecular formula is C16H23NO3. The zero-order valence-corrected chi connectivity index (χ0v) is 12.4. The van der Waals surface area contributed by atoms with Crippen molar-refractivity contribution < 1.29 is 14.3 Å². The molecular weight excluding hydrogens is 254 g/mol. The Bertz CT molecular complexity index is 442. The minimum Gasteiger partial charge on any atom is -0.488 e. The number of nitrogens with one attached hydrogen (secondary N) is 1. The number of carbonyl (C=O) groups excluding carboxylic acids is 1. The van der Waals surface area contributed by atoms with Crippen molar-refractivity contribution in [3.8, 4) is 5.75 Å². The Kier molecular flexibility index (Phi) is 4.65. The molecule has 20 heavy (non-hydrogen) atoms. The molecule has 2 rings (SSSR count). The molecule has 0 bridgehead atoms. The molecule has 1 atom stereocenters. The highest BCUT2D eigenvalue weighted by molar-refractivity contribution is 5.94. The number of carbonyl (C=O) groups is 1. The molecule has 1 fully saturated rings. The fraction of sp³-hybridized carbons (Fsp3) is 0.562. The van der Waals surface area contributed by atoms with Gasteiger partial charge in [-0.3, -0.25) is 4.79 Å². The van der Waals surface area contributed by atoms with E-state index in [0.717, 1.165) is 25.2 Å². The van der Waals surface area contributed by atoms with Gasteiger partial charge in [0.1, 0.15) is 11.4 Å². The molecule has 1 amide bonds. The van der Waals surface area contributed by atoms with Crippen molar-refractivity contribution in [2.45, 2.75) is 45.3 Å². The molecule has 0 radical (unpaired) electrons. The van der Waals surface area contributed by atoms with Gasteiger partial charge in [-0.25, -0.2) is 0 Å². The molecule has 110 valence electrons. The zero-order chi connectivity index (χ0) is 14.6. The summed E-state index contributed by atoms with van der Waals surface area (Å²) in [5.41, 5.74) is 0.410. The van der Waals surface area contributed by atoms with Crippen LogP contribution in [0.4, 0.5) is 0 Å². The van der Waals surface area contributed by atoms with E-state index in [2.05, 4.69) is 5.32 Å². The number of amides is 1. The van der Waals surface area contributed by atoms with E-state index < -0.39 is 0 Å². The number of hydrogen-bond donors (Lipinski definition) is 1. The van der Waals surface area contributed by atoms with Gasteiger partial charge in [0.2, 0.25) is 0 Å². The first kappa shape index (κ1) is 14.9. The standard InChI is InChI=1S/C16H23NO3/c1-16(2,3)20-13-8-6-12(7-9-13)15(18)17-11-14-5-4-10-19-14/h6-9,14H,4-5,10-11H2,1-3H3,(H,17,18). The second-order valence-corrected chi connectivity index (χ2v) is 6.08. The van der Waals surface area contributed by atoms with Crippen LogP contribution >= 0.6 is 0 Å². The van der Waals surface area contributed by atoms with Gasteiger partial charge in [0, 0.05) is 18.7 Å². The fourth-order valence-electron chi connectivity index (χ4n) is 2.14. The van der Waals surface area contributed by atoms with Gasteiger partial charge in [-0.15, -0.1) is 0 Å². The Hall–Kier alpha value is -1.55. The molecule has 0 saturated carbocycles. The summed E-state index contributed by atoms with van der Waals surface area (Å²) in [6.45, 7) is 7.37. The molecule has 1 N–H and O–H groups in total. The summed E-state index contributed by atoms with van der Waals surface area (Å²) in [7, 11) is 0. The van der Waals surface area contributed by atoms with Crippen LogP contribution in [-0.4, -0.2) is 30.8 Å². The van der Waals surface area contributed by atoms with Crippen molar-refractivity contribution in [2.75, 3.05) is 13.2 Å². The molecule has 4 nitrogen and oxygen atoms in total. The van der Waals surface area contributed by atoms with E-state index in [9.17, 15) is 4.79 Å². The second kappa shape index (κ2) is 6.27. The summed E-state index contributed by atoms with van der Waals surface area (Å²) in [6, 6.07) is 7.22. The van der Waals surface area contributed by atoms with Crippen LogP contribution in [0.3, 0.4) is 0 Å². The molecule has 1 aliphatic heterocycles. The second-order valence-electron chi connectivity index (χ2n) is 6.08. The highest BCUT2D eigenvalue weighted by atomic mass is 16.5. The predicted molar refractivity (Wildman–Crippen MR) is 78.1 cm³/mol. The molecule has 1 saturated heterocycles. The van der Waals surface area contributed by atoms with Crippen LogP contribution in [0.5, 0.6) is 5.75 Å². The maximum atomic E-state index is 12.0. The van der Waals surface area contributed by atoms with E-state index in [4.69, 9.17) is 9.47 Å². The molecule has 4 heteroatoms. The lowest BCUT2D eigenvalue weighted by Gasteiger charge is -2.21. The summed E-state index contributed by atoms with van der Waals surface area (Å²) in [4.78, 5) is 12.0. The van der Waals surface area contributed by atoms with Gasteiger partial charge in [-0.2, -0.15) is 0 Å². The average Bonchev–Trinajstić information content (AvgIpc) is 2.88. The number of hydrogen-bond acceptors (Lipinski definition) is 3. The largest absolute Gasteiger partial charge is 0.488 e. The van der Waals surface area contributed by atoms with Crippen molar-refractivity contribution in [1.29, 1.82) is 0 Å². The lowest BCUT2D eigenvalue weighted by atomic mass is 10.1. The van der Waals surface area contributed by atoms with Gasteiger partial charge < -0.3 is 14.8 Å². The summed E-state index contributed by atoms with van der Waals surface area (Å²) in [5.74, 6) is 0.705. The summed E-state index contributed by atoms with van der Waals surface area (Å²) in [6.07, 6.45) is 2.28. The molecule has 1 unspecified atom stereocenters. The Morgan fingerprint density at radius 1 is 1.35 bits per heavy atom. The minimum absolute atomic E-state index is 0.0668. The van der Waals surface area contributed by atoms with Crippen molar-refractivity contribution in [2.24, 2.45) is 0 Å². The Morgan fingerprint density at radius 2 is 2.05 bits per heavy atom. The Balaban J connectivity index is 1.86. The van der Waals surface area contributed by atoms with Gasteiger partial charge >= 0.3 is 0 Å². The molecule has 0 aliphatic carbocycles. The maximum absolute atomic E-state index is 12.0. The van der Waals surface area contributed by atoms with Gasteiger partial charge in [-0.05, 0) is 57.9 Å². The van der Waals surface area contributed by atoms with Gasteiger partial charge in [0.15, 0.2) is 0 Å². The number of benzene rings is 1. The lowest BCUT2D eigenvalue weighted by molar-refractivity contribution is 0.0857. The van der Waals surface area contributed by atoms with Gasteiger partial charge in [0.25, 0.3) is 5.91 Å². The summed E-state index contributed by atoms with van der Waals surface area (Å²) in [5, 5.41) is 2.90. The fourth-order valence-corrected chi connectivity index (χ4v) is 2.14. The SMILES string of the molecule is CC(C)(C)Oc1ccc(C(=O)NCC2CCCO2)cc1. The van der Waals surface area contributed by atoms with E-state index >= 15 is 0 Å². The smallest absolute Gasteiger partial charge is 0.251 e. The molecule has 0 aromatic heterocycles. The molecule has 1 heterocycles. The molecule has 1 aliphatic rings. The zero-order valence-electron chi connectivity index (χ0n) is 12.4. The van der Waals surface area contributed by atoms with Crippen LogP contribution in [0, 0.1) is 0 Å². The molecule has 0 spiro atoms. The first-order valence-electron chi connectivity index (χ1n) is 7.13. The quantitative estimate of drug-likeness (QED) is 0.920. The number of ether oxygens (including phenoxy) is 2. The van der Waals surface area contributed by atoms with Crippen LogP contribution in [0.2, 0.25) is 0 Å². The first-order valence-corrected chi connectivity index (χ1v) is 7.13. The van der Waals surface area contributed by atoms with E-state index in [1.807, 2.05) is 32.9 Å². The Labute approximate surface area is 120 Å². The monoisotopic (exact) mass is 277 g/mol. The normalized spacial score (nSPS) is 18.9. The van der Waals surface area contributed by atoms with Crippen LogP contribution in [0.1, 0.15) is 44.0 Å². The first-order chi connectivity index (χ1) is 9.44. The summed E-state index contributed by atoms with van der Waals surface area (Å²) < 4.78 is 11.2. The highest BCUT2D eigenvalue weighted by Crippen LogP contribution is 2.18. The van der Waals surface area contributed by atoms with Crippen molar-refractivity contribution in [3.63, 3.8) is 0 Å². The van der Waals surface area contributed by atoms with Crippen LogP contribution in [0.25, 0.3) is 0 Å². The van der Waals surface area contributed by atoms with Crippen molar-refractivity contribution in [3.05, 3.63) is 29.8 Å². The van der Waals surface area contributed by atoms with Crippen LogP contribution in [0.15, 0.2) is 24.3 Å². The number of rotatable bonds is 4. The van der Waals surface area contributed by atoms with E-state index in [1.54, 1.807) is 12.1 Å². The van der Waals surface area contributed by atoms with Crippen LogP contribution < -0.4 is 10.1 Å². The Morgan fingerprint density at radius 3 is 2.60 bits per heavy atom. The van der Waals surface area contributed by atoms with Crippen molar-refractivity contribution >= 4 is 5.91 Å². The van der Waals surface area contributed by atoms with Crippen molar-refractivity contribution in [1.82, 2.24) is 5.32 Å². The van der Waals surface area contributed by atoms with E-state index in [1.165, 1.54) is 0 Å². The highest BCUT2D eigenvalue weighted by Gasteiger charge is 2.17.